The third kappa shape index (κ3) is 2.48. The molecule has 1 aromatic heterocycles. The Hall–Kier alpha value is -1.16. The van der Waals surface area contributed by atoms with Gasteiger partial charge in [-0.2, -0.15) is 0 Å². The monoisotopic (exact) mass is 267 g/mol. The van der Waals surface area contributed by atoms with Crippen molar-refractivity contribution in [2.45, 2.75) is 33.1 Å². The largest absolute Gasteiger partial charge is 0.338 e. The maximum absolute atomic E-state index is 12.3. The summed E-state index contributed by atoms with van der Waals surface area (Å²) >= 11 is 5.62. The van der Waals surface area contributed by atoms with E-state index >= 15 is 0 Å². The standard InChI is InChI=1S/C13H18ClN3O/c1-3-13(4-2)5-6-17(9-13)11(18)10-7-15-12(14)16-8-10/h7-8H,3-6,9H2,1-2H3. The molecule has 0 spiro atoms. The summed E-state index contributed by atoms with van der Waals surface area (Å²) in [5.41, 5.74) is 0.811. The molecule has 98 valence electrons. The van der Waals surface area contributed by atoms with Gasteiger partial charge in [-0.15, -0.1) is 0 Å². The van der Waals surface area contributed by atoms with Crippen molar-refractivity contribution in [2.24, 2.45) is 5.41 Å². The lowest BCUT2D eigenvalue weighted by Crippen LogP contribution is -2.31. The molecule has 0 radical (unpaired) electrons. The van der Waals surface area contributed by atoms with Crippen LogP contribution in [0, 0.1) is 5.41 Å². The summed E-state index contributed by atoms with van der Waals surface area (Å²) in [4.78, 5) is 21.9. The second kappa shape index (κ2) is 5.22. The molecule has 0 aromatic carbocycles. The van der Waals surface area contributed by atoms with E-state index in [2.05, 4.69) is 23.8 Å². The van der Waals surface area contributed by atoms with Crippen molar-refractivity contribution in [3.63, 3.8) is 0 Å². The Morgan fingerprint density at radius 2 is 2.00 bits per heavy atom. The molecule has 1 amide bonds. The highest BCUT2D eigenvalue weighted by Gasteiger charge is 2.37. The molecule has 0 N–H and O–H groups in total. The van der Waals surface area contributed by atoms with Crippen molar-refractivity contribution in [1.29, 1.82) is 0 Å². The van der Waals surface area contributed by atoms with Gasteiger partial charge in [-0.1, -0.05) is 13.8 Å². The third-order valence-corrected chi connectivity index (χ3v) is 4.29. The maximum atomic E-state index is 12.3. The van der Waals surface area contributed by atoms with E-state index in [1.54, 1.807) is 0 Å². The van der Waals surface area contributed by atoms with Crippen molar-refractivity contribution in [3.05, 3.63) is 23.2 Å². The first-order chi connectivity index (χ1) is 8.60. The number of carbonyl (C=O) groups is 1. The summed E-state index contributed by atoms with van der Waals surface area (Å²) in [5, 5.41) is 0.171. The zero-order valence-corrected chi connectivity index (χ0v) is 11.6. The Morgan fingerprint density at radius 3 is 2.50 bits per heavy atom. The van der Waals surface area contributed by atoms with Crippen LogP contribution in [-0.2, 0) is 0 Å². The van der Waals surface area contributed by atoms with E-state index in [1.807, 2.05) is 4.90 Å². The van der Waals surface area contributed by atoms with Gasteiger partial charge in [0.15, 0.2) is 0 Å². The van der Waals surface area contributed by atoms with E-state index in [0.717, 1.165) is 32.4 Å². The van der Waals surface area contributed by atoms with Crippen LogP contribution in [0.25, 0.3) is 0 Å². The number of amides is 1. The Balaban J connectivity index is 2.10. The fourth-order valence-electron chi connectivity index (χ4n) is 2.54. The van der Waals surface area contributed by atoms with Gasteiger partial charge in [0.25, 0.3) is 5.91 Å². The summed E-state index contributed by atoms with van der Waals surface area (Å²) in [6.07, 6.45) is 6.31. The molecule has 0 unspecified atom stereocenters. The summed E-state index contributed by atoms with van der Waals surface area (Å²) in [6.45, 7) is 6.05. The number of rotatable bonds is 3. The maximum Gasteiger partial charge on any atom is 0.257 e. The number of halogens is 1. The predicted molar refractivity (Wildman–Crippen MR) is 70.6 cm³/mol. The van der Waals surface area contributed by atoms with Crippen molar-refractivity contribution >= 4 is 17.5 Å². The highest BCUT2D eigenvalue weighted by atomic mass is 35.5. The van der Waals surface area contributed by atoms with Gasteiger partial charge in [0.05, 0.1) is 5.56 Å². The first-order valence-electron chi connectivity index (χ1n) is 6.37. The zero-order valence-electron chi connectivity index (χ0n) is 10.8. The molecule has 0 saturated carbocycles. The lowest BCUT2D eigenvalue weighted by atomic mass is 9.82. The molecular formula is C13H18ClN3O. The molecule has 18 heavy (non-hydrogen) atoms. The van der Waals surface area contributed by atoms with Gasteiger partial charge in [0.1, 0.15) is 0 Å². The van der Waals surface area contributed by atoms with Crippen molar-refractivity contribution in [2.75, 3.05) is 13.1 Å². The Morgan fingerprint density at radius 1 is 1.39 bits per heavy atom. The third-order valence-electron chi connectivity index (χ3n) is 4.09. The number of carbonyl (C=O) groups excluding carboxylic acids is 1. The van der Waals surface area contributed by atoms with Gasteiger partial charge in [-0.25, -0.2) is 9.97 Å². The smallest absolute Gasteiger partial charge is 0.257 e. The van der Waals surface area contributed by atoms with Crippen LogP contribution >= 0.6 is 11.6 Å². The summed E-state index contributed by atoms with van der Waals surface area (Å²) < 4.78 is 0. The fraction of sp³-hybridized carbons (Fsp3) is 0.615. The number of nitrogens with zero attached hydrogens (tertiary/aromatic N) is 3. The average molecular weight is 268 g/mol. The zero-order chi connectivity index (χ0) is 13.2. The minimum Gasteiger partial charge on any atom is -0.338 e. The highest BCUT2D eigenvalue weighted by molar-refractivity contribution is 6.28. The van der Waals surface area contributed by atoms with Crippen LogP contribution in [0.2, 0.25) is 5.28 Å². The molecule has 1 aliphatic rings. The molecule has 4 nitrogen and oxygen atoms in total. The Kier molecular flexibility index (Phi) is 3.85. The van der Waals surface area contributed by atoms with E-state index in [1.165, 1.54) is 12.4 Å². The average Bonchev–Trinajstić information content (AvgIpc) is 2.84. The molecule has 2 rings (SSSR count). The highest BCUT2D eigenvalue weighted by Crippen LogP contribution is 2.37. The fourth-order valence-corrected chi connectivity index (χ4v) is 2.64. The minimum absolute atomic E-state index is 0.00967. The molecule has 5 heteroatoms. The normalized spacial score (nSPS) is 18.1. The molecule has 2 heterocycles. The number of aromatic nitrogens is 2. The molecular weight excluding hydrogens is 250 g/mol. The first-order valence-corrected chi connectivity index (χ1v) is 6.75. The number of hydrogen-bond acceptors (Lipinski definition) is 3. The lowest BCUT2D eigenvalue weighted by molar-refractivity contribution is 0.0769. The van der Waals surface area contributed by atoms with Gasteiger partial charge in [0.2, 0.25) is 5.28 Å². The van der Waals surface area contributed by atoms with Crippen LogP contribution in [0.1, 0.15) is 43.5 Å². The number of hydrogen-bond donors (Lipinski definition) is 0. The van der Waals surface area contributed by atoms with Crippen molar-refractivity contribution in [1.82, 2.24) is 14.9 Å². The first kappa shape index (κ1) is 13.3. The van der Waals surface area contributed by atoms with E-state index in [4.69, 9.17) is 11.6 Å². The van der Waals surface area contributed by atoms with Crippen LogP contribution in [0.15, 0.2) is 12.4 Å². The van der Waals surface area contributed by atoms with Gasteiger partial charge >= 0.3 is 0 Å². The molecule has 1 saturated heterocycles. The second-order valence-electron chi connectivity index (χ2n) is 4.92. The molecule has 0 atom stereocenters. The van der Waals surface area contributed by atoms with Crippen molar-refractivity contribution < 1.29 is 4.79 Å². The minimum atomic E-state index is 0.00967. The topological polar surface area (TPSA) is 46.1 Å². The van der Waals surface area contributed by atoms with E-state index in [-0.39, 0.29) is 11.2 Å². The van der Waals surface area contributed by atoms with Gasteiger partial charge in [-0.05, 0) is 36.3 Å². The van der Waals surface area contributed by atoms with Crippen LogP contribution in [0.4, 0.5) is 0 Å². The van der Waals surface area contributed by atoms with Gasteiger partial charge in [-0.3, -0.25) is 4.79 Å². The van der Waals surface area contributed by atoms with Crippen LogP contribution in [0.3, 0.4) is 0 Å². The summed E-state index contributed by atoms with van der Waals surface area (Å²) in [7, 11) is 0. The molecule has 1 aromatic rings. The molecule has 0 bridgehead atoms. The van der Waals surface area contributed by atoms with Crippen LogP contribution in [0.5, 0.6) is 0 Å². The molecule has 1 fully saturated rings. The summed E-state index contributed by atoms with van der Waals surface area (Å²) in [6, 6.07) is 0. The van der Waals surface area contributed by atoms with Gasteiger partial charge < -0.3 is 4.90 Å². The second-order valence-corrected chi connectivity index (χ2v) is 5.26. The van der Waals surface area contributed by atoms with E-state index in [0.29, 0.717) is 11.0 Å². The van der Waals surface area contributed by atoms with Crippen LogP contribution < -0.4 is 0 Å². The lowest BCUT2D eigenvalue weighted by Gasteiger charge is -2.26. The molecule has 1 aliphatic heterocycles. The predicted octanol–water partition coefficient (Wildman–Crippen LogP) is 2.78. The SMILES string of the molecule is CCC1(CC)CCN(C(=O)c2cnc(Cl)nc2)C1. The quantitative estimate of drug-likeness (QED) is 0.791. The Bertz CT molecular complexity index is 428. The van der Waals surface area contributed by atoms with Crippen molar-refractivity contribution in [3.8, 4) is 0 Å². The summed E-state index contributed by atoms with van der Waals surface area (Å²) in [5.74, 6) is 0.00967. The number of likely N-dealkylation sites (tertiary alicyclic amines) is 1. The molecule has 0 aliphatic carbocycles. The van der Waals surface area contributed by atoms with Gasteiger partial charge in [0, 0.05) is 25.5 Å². The van der Waals surface area contributed by atoms with E-state index < -0.39 is 0 Å². The Labute approximate surface area is 112 Å². The van der Waals surface area contributed by atoms with E-state index in [9.17, 15) is 4.79 Å². The van der Waals surface area contributed by atoms with Crippen LogP contribution in [-0.4, -0.2) is 33.9 Å².